The number of nitrogens with zero attached hydrogens (tertiary/aromatic N) is 2. The van der Waals surface area contributed by atoms with Crippen LogP contribution in [-0.4, -0.2) is 33.3 Å². The fourth-order valence-corrected chi connectivity index (χ4v) is 3.39. The summed E-state index contributed by atoms with van der Waals surface area (Å²) in [7, 11) is 0. The zero-order valence-electron chi connectivity index (χ0n) is 16.3. The van der Waals surface area contributed by atoms with Crippen molar-refractivity contribution in [3.63, 3.8) is 0 Å². The standard InChI is InChI=1S/C24H22N2O4/c27-19(16-30-20-12-10-18(11-13-20)24(28)29)15-26-22-9-5-4-8-21(22)25-23(26)14-17-6-2-1-3-7-17/h1-13,19,27H,14-16H2,(H,28,29)/p-1. The lowest BCUT2D eigenvalue weighted by molar-refractivity contribution is -0.255. The molecule has 1 atom stereocenters. The van der Waals surface area contributed by atoms with Gasteiger partial charge in [0.15, 0.2) is 0 Å². The van der Waals surface area contributed by atoms with Crippen molar-refractivity contribution in [2.45, 2.75) is 19.1 Å². The van der Waals surface area contributed by atoms with Gasteiger partial charge in [-0.2, -0.15) is 0 Å². The number of para-hydroxylation sites is 2. The molecule has 1 aromatic heterocycles. The number of imidazole rings is 1. The van der Waals surface area contributed by atoms with Crippen molar-refractivity contribution in [2.24, 2.45) is 0 Å². The van der Waals surface area contributed by atoms with Gasteiger partial charge in [0.05, 0.1) is 23.5 Å². The molecule has 30 heavy (non-hydrogen) atoms. The number of hydrogen-bond donors (Lipinski definition) is 1. The minimum atomic E-state index is -1.24. The Labute approximate surface area is 174 Å². The molecule has 1 N–H and O–H groups in total. The van der Waals surface area contributed by atoms with Crippen LogP contribution in [0.1, 0.15) is 21.7 Å². The Kier molecular flexibility index (Phi) is 5.77. The second kappa shape index (κ2) is 8.80. The normalized spacial score (nSPS) is 12.0. The Bertz CT molecular complexity index is 1140. The molecule has 0 aliphatic rings. The summed E-state index contributed by atoms with van der Waals surface area (Å²) in [4.78, 5) is 15.6. The van der Waals surface area contributed by atoms with Gasteiger partial charge in [0, 0.05) is 6.42 Å². The molecular weight excluding hydrogens is 380 g/mol. The predicted octanol–water partition coefficient (Wildman–Crippen LogP) is 2.43. The summed E-state index contributed by atoms with van der Waals surface area (Å²) in [6.07, 6.45) is -0.105. The van der Waals surface area contributed by atoms with Crippen LogP contribution in [0.25, 0.3) is 11.0 Å². The van der Waals surface area contributed by atoms with Crippen LogP contribution in [0.5, 0.6) is 5.75 Å². The number of benzene rings is 3. The van der Waals surface area contributed by atoms with Gasteiger partial charge in [-0.15, -0.1) is 0 Å². The van der Waals surface area contributed by atoms with Crippen molar-refractivity contribution < 1.29 is 19.7 Å². The quantitative estimate of drug-likeness (QED) is 0.490. The number of ether oxygens (including phenoxy) is 1. The van der Waals surface area contributed by atoms with E-state index in [2.05, 4.69) is 12.1 Å². The highest BCUT2D eigenvalue weighted by Crippen LogP contribution is 2.20. The summed E-state index contributed by atoms with van der Waals surface area (Å²) in [6.45, 7) is 0.405. The average Bonchev–Trinajstić information content (AvgIpc) is 3.10. The summed E-state index contributed by atoms with van der Waals surface area (Å²) in [5.41, 5.74) is 3.07. The van der Waals surface area contributed by atoms with E-state index in [0.717, 1.165) is 22.4 Å². The van der Waals surface area contributed by atoms with Gasteiger partial charge in [-0.1, -0.05) is 42.5 Å². The average molecular weight is 401 g/mol. The minimum absolute atomic E-state index is 0.0714. The molecule has 4 aromatic rings. The molecule has 0 saturated heterocycles. The molecule has 3 aromatic carbocycles. The summed E-state index contributed by atoms with van der Waals surface area (Å²) >= 11 is 0. The maximum absolute atomic E-state index is 10.8. The molecule has 0 amide bonds. The van der Waals surface area contributed by atoms with Crippen LogP contribution in [0.4, 0.5) is 0 Å². The number of carboxylic acid groups (broad SMARTS) is 1. The number of aromatic nitrogens is 2. The van der Waals surface area contributed by atoms with E-state index < -0.39 is 12.1 Å². The molecular formula is C24H21N2O4-. The maximum Gasteiger partial charge on any atom is 0.119 e. The van der Waals surface area contributed by atoms with Crippen molar-refractivity contribution in [3.05, 3.63) is 95.8 Å². The molecule has 0 aliphatic heterocycles. The highest BCUT2D eigenvalue weighted by Gasteiger charge is 2.15. The van der Waals surface area contributed by atoms with Crippen molar-refractivity contribution >= 4 is 17.0 Å². The number of carbonyl (C=O) groups is 1. The van der Waals surface area contributed by atoms with E-state index in [4.69, 9.17) is 9.72 Å². The van der Waals surface area contributed by atoms with Gasteiger partial charge in [-0.3, -0.25) is 0 Å². The van der Waals surface area contributed by atoms with Crippen molar-refractivity contribution in [1.29, 1.82) is 0 Å². The van der Waals surface area contributed by atoms with E-state index in [1.54, 1.807) is 12.1 Å². The maximum atomic E-state index is 10.8. The van der Waals surface area contributed by atoms with Gasteiger partial charge >= 0.3 is 0 Å². The van der Waals surface area contributed by atoms with Crippen LogP contribution in [0, 0.1) is 0 Å². The van der Waals surface area contributed by atoms with Gasteiger partial charge in [0.2, 0.25) is 0 Å². The molecule has 0 fully saturated rings. The van der Waals surface area contributed by atoms with Gasteiger partial charge in [0.1, 0.15) is 24.3 Å². The zero-order chi connectivity index (χ0) is 20.9. The van der Waals surface area contributed by atoms with Crippen LogP contribution in [0.3, 0.4) is 0 Å². The first-order chi connectivity index (χ1) is 14.6. The highest BCUT2D eigenvalue weighted by molar-refractivity contribution is 5.85. The number of fused-ring (bicyclic) bond motifs is 1. The van der Waals surface area contributed by atoms with Gasteiger partial charge < -0.3 is 24.3 Å². The fourth-order valence-electron chi connectivity index (χ4n) is 3.39. The lowest BCUT2D eigenvalue weighted by atomic mass is 10.1. The lowest BCUT2D eigenvalue weighted by Gasteiger charge is -2.16. The van der Waals surface area contributed by atoms with Crippen LogP contribution in [0.2, 0.25) is 0 Å². The molecule has 0 aliphatic carbocycles. The van der Waals surface area contributed by atoms with E-state index in [0.29, 0.717) is 18.7 Å². The number of rotatable bonds is 8. The van der Waals surface area contributed by atoms with E-state index in [-0.39, 0.29) is 12.2 Å². The molecule has 0 bridgehead atoms. The molecule has 1 unspecified atom stereocenters. The highest BCUT2D eigenvalue weighted by atomic mass is 16.5. The van der Waals surface area contributed by atoms with Gasteiger partial charge in [-0.05, 0) is 47.5 Å². The van der Waals surface area contributed by atoms with E-state index >= 15 is 0 Å². The van der Waals surface area contributed by atoms with E-state index in [9.17, 15) is 15.0 Å². The third-order valence-corrected chi connectivity index (χ3v) is 4.86. The second-order valence-corrected chi connectivity index (χ2v) is 7.07. The fraction of sp³-hybridized carbons (Fsp3) is 0.167. The Morgan fingerprint density at radius 3 is 2.43 bits per heavy atom. The monoisotopic (exact) mass is 401 g/mol. The van der Waals surface area contributed by atoms with Crippen LogP contribution in [0.15, 0.2) is 78.9 Å². The first-order valence-electron chi connectivity index (χ1n) is 9.70. The van der Waals surface area contributed by atoms with Gasteiger partial charge in [0.25, 0.3) is 0 Å². The molecule has 0 radical (unpaired) electrons. The summed E-state index contributed by atoms with van der Waals surface area (Å²) in [6, 6.07) is 23.9. The number of hydrogen-bond acceptors (Lipinski definition) is 5. The summed E-state index contributed by atoms with van der Waals surface area (Å²) < 4.78 is 7.65. The third kappa shape index (κ3) is 4.50. The predicted molar refractivity (Wildman–Crippen MR) is 111 cm³/mol. The van der Waals surface area contributed by atoms with Crippen LogP contribution < -0.4 is 9.84 Å². The SMILES string of the molecule is O=C([O-])c1ccc(OCC(O)Cn2c(Cc3ccccc3)nc3ccccc32)cc1. The number of aliphatic hydroxyl groups is 1. The van der Waals surface area contributed by atoms with Crippen LogP contribution >= 0.6 is 0 Å². The summed E-state index contributed by atoms with van der Waals surface area (Å²) in [5, 5.41) is 21.4. The number of carboxylic acids is 1. The Hall–Kier alpha value is -3.64. The Morgan fingerprint density at radius 2 is 1.70 bits per heavy atom. The first kappa shape index (κ1) is 19.7. The molecule has 4 rings (SSSR count). The van der Waals surface area contributed by atoms with E-state index in [1.807, 2.05) is 47.0 Å². The van der Waals surface area contributed by atoms with Gasteiger partial charge in [-0.25, -0.2) is 4.98 Å². The largest absolute Gasteiger partial charge is 0.545 e. The van der Waals surface area contributed by atoms with E-state index in [1.165, 1.54) is 12.1 Å². The Balaban J connectivity index is 1.49. The molecule has 0 saturated carbocycles. The second-order valence-electron chi connectivity index (χ2n) is 7.07. The molecule has 6 heteroatoms. The molecule has 152 valence electrons. The van der Waals surface area contributed by atoms with Crippen molar-refractivity contribution in [1.82, 2.24) is 9.55 Å². The minimum Gasteiger partial charge on any atom is -0.545 e. The van der Waals surface area contributed by atoms with Crippen LogP contribution in [-0.2, 0) is 13.0 Å². The number of carbonyl (C=O) groups excluding carboxylic acids is 1. The molecule has 6 nitrogen and oxygen atoms in total. The molecule has 1 heterocycles. The third-order valence-electron chi connectivity index (χ3n) is 4.86. The summed E-state index contributed by atoms with van der Waals surface area (Å²) in [5.74, 6) is 0.123. The molecule has 0 spiro atoms. The number of aromatic carboxylic acids is 1. The van der Waals surface area contributed by atoms with Crippen molar-refractivity contribution in [2.75, 3.05) is 6.61 Å². The topological polar surface area (TPSA) is 87.4 Å². The van der Waals surface area contributed by atoms with Crippen molar-refractivity contribution in [3.8, 4) is 5.75 Å². The smallest absolute Gasteiger partial charge is 0.119 e. The first-order valence-corrected chi connectivity index (χ1v) is 9.70. The zero-order valence-corrected chi connectivity index (χ0v) is 16.3. The number of aliphatic hydroxyl groups excluding tert-OH is 1. The Morgan fingerprint density at radius 1 is 1.00 bits per heavy atom. The lowest BCUT2D eigenvalue weighted by Crippen LogP contribution is -2.25.